The van der Waals surface area contributed by atoms with Crippen molar-refractivity contribution in [2.45, 2.75) is 44.1 Å². The Morgan fingerprint density at radius 3 is 2.11 bits per heavy atom. The van der Waals surface area contributed by atoms with Gasteiger partial charge >= 0.3 is 0 Å². The Morgan fingerprint density at radius 2 is 1.57 bits per heavy atom. The fourth-order valence-corrected chi connectivity index (χ4v) is 6.76. The van der Waals surface area contributed by atoms with Crippen LogP contribution in [0.5, 0.6) is 5.75 Å². The number of ether oxygens (including phenoxy) is 1. The van der Waals surface area contributed by atoms with Crippen molar-refractivity contribution in [1.82, 2.24) is 10.2 Å². The molecule has 1 heterocycles. The number of amides is 1. The first-order valence-corrected chi connectivity index (χ1v) is 11.0. The maximum atomic E-state index is 12.8. The first-order chi connectivity index (χ1) is 13.6. The van der Waals surface area contributed by atoms with E-state index in [1.165, 1.54) is 44.2 Å². The van der Waals surface area contributed by atoms with Crippen molar-refractivity contribution in [3.63, 3.8) is 0 Å². The van der Waals surface area contributed by atoms with Gasteiger partial charge in [-0.25, -0.2) is 0 Å². The van der Waals surface area contributed by atoms with E-state index < -0.39 is 0 Å². The molecule has 1 saturated heterocycles. The Morgan fingerprint density at radius 1 is 1.00 bits per heavy atom. The van der Waals surface area contributed by atoms with Gasteiger partial charge in [-0.05, 0) is 80.5 Å². The molecule has 1 amide bonds. The van der Waals surface area contributed by atoms with Crippen molar-refractivity contribution in [3.05, 3.63) is 24.3 Å². The van der Waals surface area contributed by atoms with Crippen molar-refractivity contribution < 1.29 is 9.53 Å². The zero-order chi connectivity index (χ0) is 19.1. The fraction of sp³-hybridized carbons (Fsp3) is 0.696. The van der Waals surface area contributed by atoms with Gasteiger partial charge in [0.15, 0.2) is 0 Å². The van der Waals surface area contributed by atoms with Crippen molar-refractivity contribution >= 4 is 11.6 Å². The van der Waals surface area contributed by atoms with Crippen LogP contribution >= 0.6 is 0 Å². The lowest BCUT2D eigenvalue weighted by Crippen LogP contribution is -2.61. The van der Waals surface area contributed by atoms with E-state index in [1.54, 1.807) is 7.11 Å². The van der Waals surface area contributed by atoms with Crippen LogP contribution in [-0.4, -0.2) is 56.2 Å². The number of carbonyl (C=O) groups excluding carboxylic acids is 1. The van der Waals surface area contributed by atoms with Gasteiger partial charge in [-0.2, -0.15) is 0 Å². The number of nitrogens with one attached hydrogen (secondary N) is 1. The third-order valence-electron chi connectivity index (χ3n) is 7.62. The summed E-state index contributed by atoms with van der Waals surface area (Å²) in [7, 11) is 1.70. The molecule has 1 aromatic rings. The summed E-state index contributed by atoms with van der Waals surface area (Å²) in [6.07, 6.45) is 7.95. The van der Waals surface area contributed by atoms with Crippen LogP contribution in [0.2, 0.25) is 0 Å². The zero-order valence-electron chi connectivity index (χ0n) is 17.0. The van der Waals surface area contributed by atoms with Gasteiger partial charge in [0.05, 0.1) is 13.7 Å². The fourth-order valence-electron chi connectivity index (χ4n) is 6.76. The second-order valence-corrected chi connectivity index (χ2v) is 9.71. The quantitative estimate of drug-likeness (QED) is 0.849. The van der Waals surface area contributed by atoms with Crippen molar-refractivity contribution in [2.75, 3.05) is 44.7 Å². The summed E-state index contributed by atoms with van der Waals surface area (Å²) in [5.41, 5.74) is 1.37. The van der Waals surface area contributed by atoms with E-state index >= 15 is 0 Å². The highest BCUT2D eigenvalue weighted by atomic mass is 16.5. The second kappa shape index (κ2) is 7.25. The molecule has 0 radical (unpaired) electrons. The molecule has 5 nitrogen and oxygen atoms in total. The largest absolute Gasteiger partial charge is 0.497 e. The van der Waals surface area contributed by atoms with E-state index in [0.717, 1.165) is 49.7 Å². The van der Waals surface area contributed by atoms with Crippen LogP contribution < -0.4 is 15.0 Å². The van der Waals surface area contributed by atoms with Crippen LogP contribution in [0.25, 0.3) is 0 Å². The summed E-state index contributed by atoms with van der Waals surface area (Å²) < 4.78 is 5.25. The molecule has 0 atom stereocenters. The monoisotopic (exact) mass is 383 g/mol. The lowest BCUT2D eigenvalue weighted by Gasteiger charge is -2.57. The highest BCUT2D eigenvalue weighted by Crippen LogP contribution is 2.55. The standard InChI is InChI=1S/C23H33N3O2/c1-28-21-4-2-20(3-5-21)26-8-6-25(7-9-26)16-22(27)24-23-13-17-10-18(14-23)12-19(11-17)15-23/h2-5,17-19H,6-16H2,1H3,(H,24,27). The molecule has 4 bridgehead atoms. The molecule has 0 unspecified atom stereocenters. The van der Waals surface area contributed by atoms with Crippen LogP contribution in [-0.2, 0) is 4.79 Å². The van der Waals surface area contributed by atoms with Crippen molar-refractivity contribution in [2.24, 2.45) is 17.8 Å². The molecule has 5 heteroatoms. The molecular formula is C23H33N3O2. The summed E-state index contributed by atoms with van der Waals surface area (Å²) in [5.74, 6) is 3.77. The van der Waals surface area contributed by atoms with Crippen LogP contribution in [0, 0.1) is 17.8 Å². The molecule has 152 valence electrons. The summed E-state index contributed by atoms with van der Waals surface area (Å²) in [4.78, 5) is 17.5. The van der Waals surface area contributed by atoms with Gasteiger partial charge in [0.2, 0.25) is 5.91 Å². The molecular weight excluding hydrogens is 350 g/mol. The lowest BCUT2D eigenvalue weighted by molar-refractivity contribution is -0.128. The smallest absolute Gasteiger partial charge is 0.234 e. The SMILES string of the molecule is COc1ccc(N2CCN(CC(=O)NC34CC5CC(CC(C5)C3)C4)CC2)cc1. The molecule has 0 spiro atoms. The maximum Gasteiger partial charge on any atom is 0.234 e. The third-order valence-corrected chi connectivity index (χ3v) is 7.62. The highest BCUT2D eigenvalue weighted by Gasteiger charge is 2.51. The minimum atomic E-state index is 0.136. The molecule has 4 saturated carbocycles. The van der Waals surface area contributed by atoms with Gasteiger partial charge in [-0.15, -0.1) is 0 Å². The number of anilines is 1. The molecule has 1 aliphatic heterocycles. The summed E-state index contributed by atoms with van der Waals surface area (Å²) in [6.45, 7) is 4.38. The van der Waals surface area contributed by atoms with Gasteiger partial charge in [0, 0.05) is 37.4 Å². The first kappa shape index (κ1) is 18.3. The Hall–Kier alpha value is -1.75. The lowest BCUT2D eigenvalue weighted by atomic mass is 9.53. The number of hydrogen-bond donors (Lipinski definition) is 1. The van der Waals surface area contributed by atoms with E-state index in [4.69, 9.17) is 4.74 Å². The molecule has 4 aliphatic carbocycles. The predicted octanol–water partition coefficient (Wildman–Crippen LogP) is 2.90. The molecule has 1 N–H and O–H groups in total. The maximum absolute atomic E-state index is 12.8. The Bertz CT molecular complexity index is 674. The summed E-state index contributed by atoms with van der Waals surface area (Å²) >= 11 is 0. The number of nitrogens with zero attached hydrogens (tertiary/aromatic N) is 2. The van der Waals surface area contributed by atoms with E-state index in [9.17, 15) is 4.79 Å². The van der Waals surface area contributed by atoms with Crippen LogP contribution in [0.3, 0.4) is 0 Å². The average Bonchev–Trinajstić information content (AvgIpc) is 2.67. The van der Waals surface area contributed by atoms with Gasteiger partial charge < -0.3 is 15.0 Å². The number of methoxy groups -OCH3 is 1. The van der Waals surface area contributed by atoms with Crippen molar-refractivity contribution in [3.8, 4) is 5.75 Å². The van der Waals surface area contributed by atoms with E-state index in [-0.39, 0.29) is 11.4 Å². The molecule has 0 aromatic heterocycles. The normalized spacial score (nSPS) is 34.5. The van der Waals surface area contributed by atoms with Crippen molar-refractivity contribution in [1.29, 1.82) is 0 Å². The van der Waals surface area contributed by atoms with E-state index in [0.29, 0.717) is 6.54 Å². The van der Waals surface area contributed by atoms with E-state index in [2.05, 4.69) is 27.2 Å². The topological polar surface area (TPSA) is 44.8 Å². The Labute approximate surface area is 168 Å². The highest BCUT2D eigenvalue weighted by molar-refractivity contribution is 5.79. The summed E-state index contributed by atoms with van der Waals surface area (Å²) in [5, 5.41) is 3.52. The molecule has 28 heavy (non-hydrogen) atoms. The Balaban J connectivity index is 1.12. The second-order valence-electron chi connectivity index (χ2n) is 9.71. The molecule has 5 fully saturated rings. The Kier molecular flexibility index (Phi) is 4.74. The number of piperazine rings is 1. The molecule has 1 aromatic carbocycles. The predicted molar refractivity (Wildman–Crippen MR) is 111 cm³/mol. The zero-order valence-corrected chi connectivity index (χ0v) is 17.0. The summed E-state index contributed by atoms with van der Waals surface area (Å²) in [6, 6.07) is 8.27. The minimum absolute atomic E-state index is 0.136. The first-order valence-electron chi connectivity index (χ1n) is 11.0. The third kappa shape index (κ3) is 3.61. The van der Waals surface area contributed by atoms with Gasteiger partial charge in [0.1, 0.15) is 5.75 Å². The van der Waals surface area contributed by atoms with Gasteiger partial charge in [-0.3, -0.25) is 9.69 Å². The average molecular weight is 384 g/mol. The molecule has 6 rings (SSSR count). The number of carbonyl (C=O) groups is 1. The van der Waals surface area contributed by atoms with Crippen LogP contribution in [0.15, 0.2) is 24.3 Å². The van der Waals surface area contributed by atoms with Gasteiger partial charge in [-0.1, -0.05) is 0 Å². The number of hydrogen-bond acceptors (Lipinski definition) is 4. The minimum Gasteiger partial charge on any atom is -0.497 e. The number of benzene rings is 1. The number of rotatable bonds is 5. The molecule has 5 aliphatic rings. The van der Waals surface area contributed by atoms with E-state index in [1.807, 2.05) is 12.1 Å². The van der Waals surface area contributed by atoms with Gasteiger partial charge in [0.25, 0.3) is 0 Å². The van der Waals surface area contributed by atoms with Crippen LogP contribution in [0.1, 0.15) is 38.5 Å². The van der Waals surface area contributed by atoms with Crippen LogP contribution in [0.4, 0.5) is 5.69 Å².